The van der Waals surface area contributed by atoms with E-state index in [4.69, 9.17) is 19.6 Å². The zero-order chi connectivity index (χ0) is 15.3. The molecule has 116 valence electrons. The van der Waals surface area contributed by atoms with Gasteiger partial charge in [0.2, 0.25) is 0 Å². The van der Waals surface area contributed by atoms with E-state index in [2.05, 4.69) is 33.9 Å². The van der Waals surface area contributed by atoms with Gasteiger partial charge in [-0.1, -0.05) is 20.8 Å². The standard InChI is InChI=1S/C14H33NO3Si/c1-9-16-13(17-10-2)12(11(3)15)18-19(7,8)14(4,5)6/h11-13H,9-10,15H2,1-8H3/t11-,12-/m1/s1. The van der Waals surface area contributed by atoms with Gasteiger partial charge in [-0.15, -0.1) is 0 Å². The second-order valence-corrected chi connectivity index (χ2v) is 11.2. The maximum atomic E-state index is 6.39. The molecule has 2 atom stereocenters. The first-order valence-electron chi connectivity index (χ1n) is 7.23. The van der Waals surface area contributed by atoms with Crippen LogP contribution in [0.1, 0.15) is 41.5 Å². The Labute approximate surface area is 120 Å². The van der Waals surface area contributed by atoms with Gasteiger partial charge < -0.3 is 19.6 Å². The number of hydrogen-bond donors (Lipinski definition) is 1. The first kappa shape index (κ1) is 19.1. The molecular formula is C14H33NO3Si. The van der Waals surface area contributed by atoms with E-state index >= 15 is 0 Å². The van der Waals surface area contributed by atoms with Crippen molar-refractivity contribution in [3.05, 3.63) is 0 Å². The molecule has 0 heterocycles. The summed E-state index contributed by atoms with van der Waals surface area (Å²) in [4.78, 5) is 0. The molecule has 0 radical (unpaired) electrons. The summed E-state index contributed by atoms with van der Waals surface area (Å²) in [5.74, 6) is 0. The van der Waals surface area contributed by atoms with Crippen LogP contribution in [0.4, 0.5) is 0 Å². The number of ether oxygens (including phenoxy) is 2. The average Bonchev–Trinajstić information content (AvgIpc) is 2.24. The van der Waals surface area contributed by atoms with E-state index in [-0.39, 0.29) is 23.5 Å². The number of nitrogens with two attached hydrogens (primary N) is 1. The van der Waals surface area contributed by atoms with E-state index in [1.807, 2.05) is 20.8 Å². The molecule has 0 fully saturated rings. The molecule has 5 heteroatoms. The Kier molecular flexibility index (Phi) is 7.76. The summed E-state index contributed by atoms with van der Waals surface area (Å²) in [6.45, 7) is 18.1. The Morgan fingerprint density at radius 2 is 1.47 bits per heavy atom. The predicted molar refractivity (Wildman–Crippen MR) is 82.8 cm³/mol. The molecule has 0 aromatic heterocycles. The van der Waals surface area contributed by atoms with Crippen molar-refractivity contribution in [3.63, 3.8) is 0 Å². The van der Waals surface area contributed by atoms with Crippen LogP contribution in [-0.2, 0) is 13.9 Å². The molecule has 0 unspecified atom stereocenters. The third kappa shape index (κ3) is 5.91. The van der Waals surface area contributed by atoms with Crippen molar-refractivity contribution in [1.82, 2.24) is 0 Å². The van der Waals surface area contributed by atoms with Crippen molar-refractivity contribution in [3.8, 4) is 0 Å². The smallest absolute Gasteiger partial charge is 0.192 e. The van der Waals surface area contributed by atoms with Crippen LogP contribution in [0, 0.1) is 0 Å². The molecule has 0 aliphatic carbocycles. The number of rotatable bonds is 8. The van der Waals surface area contributed by atoms with Crippen LogP contribution in [0.3, 0.4) is 0 Å². The molecule has 0 spiro atoms. The fraction of sp³-hybridized carbons (Fsp3) is 1.00. The summed E-state index contributed by atoms with van der Waals surface area (Å²) in [6.07, 6.45) is -0.607. The van der Waals surface area contributed by atoms with Gasteiger partial charge in [-0.3, -0.25) is 0 Å². The van der Waals surface area contributed by atoms with Gasteiger partial charge in [-0.2, -0.15) is 0 Å². The largest absolute Gasteiger partial charge is 0.407 e. The maximum Gasteiger partial charge on any atom is 0.192 e. The van der Waals surface area contributed by atoms with Gasteiger partial charge in [-0.05, 0) is 38.9 Å². The first-order chi connectivity index (χ1) is 8.56. The quantitative estimate of drug-likeness (QED) is 0.551. The number of hydrogen-bond acceptors (Lipinski definition) is 4. The zero-order valence-electron chi connectivity index (χ0n) is 13.9. The second kappa shape index (κ2) is 7.74. The Morgan fingerprint density at radius 1 is 1.05 bits per heavy atom. The maximum absolute atomic E-state index is 6.39. The summed E-state index contributed by atoms with van der Waals surface area (Å²) in [5.41, 5.74) is 6.09. The molecule has 0 saturated heterocycles. The van der Waals surface area contributed by atoms with Crippen LogP contribution in [0.5, 0.6) is 0 Å². The summed E-state index contributed by atoms with van der Waals surface area (Å²) in [5, 5.41) is 0.142. The van der Waals surface area contributed by atoms with Crippen molar-refractivity contribution in [2.24, 2.45) is 5.73 Å². The van der Waals surface area contributed by atoms with E-state index in [0.29, 0.717) is 13.2 Å². The van der Waals surface area contributed by atoms with E-state index in [1.54, 1.807) is 0 Å². The van der Waals surface area contributed by atoms with Gasteiger partial charge >= 0.3 is 0 Å². The van der Waals surface area contributed by atoms with Gasteiger partial charge in [0.05, 0.1) is 0 Å². The monoisotopic (exact) mass is 291 g/mol. The lowest BCUT2D eigenvalue weighted by atomic mass is 10.2. The molecule has 0 saturated carbocycles. The lowest BCUT2D eigenvalue weighted by Gasteiger charge is -2.42. The molecule has 19 heavy (non-hydrogen) atoms. The zero-order valence-corrected chi connectivity index (χ0v) is 14.9. The van der Waals surface area contributed by atoms with Crippen molar-refractivity contribution in [2.75, 3.05) is 13.2 Å². The molecule has 0 aliphatic rings. The minimum Gasteiger partial charge on any atom is -0.407 e. The molecule has 0 aromatic carbocycles. The molecule has 4 nitrogen and oxygen atoms in total. The minimum absolute atomic E-state index is 0.128. The van der Waals surface area contributed by atoms with Gasteiger partial charge in [0.25, 0.3) is 0 Å². The molecule has 0 aliphatic heterocycles. The summed E-state index contributed by atoms with van der Waals surface area (Å²) >= 11 is 0. The van der Waals surface area contributed by atoms with Crippen LogP contribution in [0.15, 0.2) is 0 Å². The molecular weight excluding hydrogens is 258 g/mol. The van der Waals surface area contributed by atoms with Gasteiger partial charge in [-0.25, -0.2) is 0 Å². The van der Waals surface area contributed by atoms with Crippen molar-refractivity contribution in [2.45, 2.75) is 78.1 Å². The highest BCUT2D eigenvalue weighted by Gasteiger charge is 2.42. The lowest BCUT2D eigenvalue weighted by molar-refractivity contribution is -0.188. The van der Waals surface area contributed by atoms with E-state index in [9.17, 15) is 0 Å². The highest BCUT2D eigenvalue weighted by atomic mass is 28.4. The Balaban J connectivity index is 4.99. The second-order valence-electron chi connectivity index (χ2n) is 6.48. The van der Waals surface area contributed by atoms with E-state index in [0.717, 1.165) is 0 Å². The molecule has 0 amide bonds. The third-order valence-electron chi connectivity index (χ3n) is 3.69. The van der Waals surface area contributed by atoms with Crippen molar-refractivity contribution in [1.29, 1.82) is 0 Å². The van der Waals surface area contributed by atoms with Crippen LogP contribution < -0.4 is 5.73 Å². The van der Waals surface area contributed by atoms with Crippen LogP contribution in [-0.4, -0.2) is 40.0 Å². The van der Waals surface area contributed by atoms with Crippen molar-refractivity contribution < 1.29 is 13.9 Å². The summed E-state index contributed by atoms with van der Waals surface area (Å²) in [7, 11) is -1.89. The van der Waals surface area contributed by atoms with Gasteiger partial charge in [0, 0.05) is 19.3 Å². The first-order valence-corrected chi connectivity index (χ1v) is 10.1. The SMILES string of the molecule is CCOC(OCC)[C@H](O[Si](C)(C)C(C)(C)C)[C@@H](C)N. The molecule has 2 N–H and O–H groups in total. The van der Waals surface area contributed by atoms with E-state index in [1.165, 1.54) is 0 Å². The Bertz CT molecular complexity index is 246. The van der Waals surface area contributed by atoms with E-state index < -0.39 is 8.32 Å². The van der Waals surface area contributed by atoms with Crippen LogP contribution >= 0.6 is 0 Å². The van der Waals surface area contributed by atoms with Gasteiger partial charge in [0.15, 0.2) is 14.6 Å². The van der Waals surface area contributed by atoms with Crippen LogP contribution in [0.2, 0.25) is 18.1 Å². The topological polar surface area (TPSA) is 53.7 Å². The normalized spacial score (nSPS) is 16.7. The highest BCUT2D eigenvalue weighted by Crippen LogP contribution is 2.38. The predicted octanol–water partition coefficient (Wildman–Crippen LogP) is 3.12. The van der Waals surface area contributed by atoms with Crippen molar-refractivity contribution >= 4 is 8.32 Å². The highest BCUT2D eigenvalue weighted by molar-refractivity contribution is 6.74. The fourth-order valence-electron chi connectivity index (χ4n) is 1.49. The minimum atomic E-state index is -1.89. The molecule has 0 aromatic rings. The lowest BCUT2D eigenvalue weighted by Crippen LogP contribution is -2.54. The Hall–Kier alpha value is 0.0569. The van der Waals surface area contributed by atoms with Crippen LogP contribution in [0.25, 0.3) is 0 Å². The Morgan fingerprint density at radius 3 is 1.74 bits per heavy atom. The summed E-state index contributed by atoms with van der Waals surface area (Å²) in [6, 6.07) is -0.128. The fourth-order valence-corrected chi connectivity index (χ4v) is 2.85. The molecule has 0 bridgehead atoms. The van der Waals surface area contributed by atoms with Gasteiger partial charge in [0.1, 0.15) is 6.10 Å². The summed E-state index contributed by atoms with van der Waals surface area (Å²) < 4.78 is 17.7. The molecule has 0 rings (SSSR count). The average molecular weight is 292 g/mol. The third-order valence-corrected chi connectivity index (χ3v) is 8.16.